The van der Waals surface area contributed by atoms with Gasteiger partial charge in [-0.15, -0.1) is 0 Å². The van der Waals surface area contributed by atoms with Gasteiger partial charge in [0, 0.05) is 16.2 Å². The zero-order valence-corrected chi connectivity index (χ0v) is 13.2. The van der Waals surface area contributed by atoms with Crippen LogP contribution in [0, 0.1) is 13.8 Å². The quantitative estimate of drug-likeness (QED) is 0.761. The number of pyridine rings is 1. The second-order valence-electron chi connectivity index (χ2n) is 4.99. The molecule has 3 rings (SSSR count). The molecule has 0 aliphatic heterocycles. The van der Waals surface area contributed by atoms with Crippen LogP contribution >= 0.6 is 15.9 Å². The Hall–Kier alpha value is -2.14. The van der Waals surface area contributed by atoms with E-state index in [0.717, 1.165) is 15.6 Å². The lowest BCUT2D eigenvalue weighted by molar-refractivity contribution is 0.0693. The van der Waals surface area contributed by atoms with Crippen LogP contribution < -0.4 is 0 Å². The molecule has 3 aromatic rings. The Morgan fingerprint density at radius 1 is 1.19 bits per heavy atom. The number of benzene rings is 1. The fourth-order valence-electron chi connectivity index (χ4n) is 2.30. The van der Waals surface area contributed by atoms with Crippen molar-refractivity contribution in [3.05, 3.63) is 57.8 Å². The van der Waals surface area contributed by atoms with Crippen molar-refractivity contribution in [2.24, 2.45) is 0 Å². The van der Waals surface area contributed by atoms with Gasteiger partial charge in [0.15, 0.2) is 5.69 Å². The highest BCUT2D eigenvalue weighted by atomic mass is 79.9. The summed E-state index contributed by atoms with van der Waals surface area (Å²) in [5, 5.41) is 9.32. The summed E-state index contributed by atoms with van der Waals surface area (Å²) in [7, 11) is 0. The van der Waals surface area contributed by atoms with E-state index in [2.05, 4.69) is 20.9 Å². The third-order valence-corrected chi connectivity index (χ3v) is 4.04. The van der Waals surface area contributed by atoms with E-state index in [0.29, 0.717) is 11.3 Å². The summed E-state index contributed by atoms with van der Waals surface area (Å²) in [6, 6.07) is 9.57. The molecule has 0 aliphatic carbocycles. The summed E-state index contributed by atoms with van der Waals surface area (Å²) in [5.74, 6) is -0.392. The van der Waals surface area contributed by atoms with Gasteiger partial charge in [-0.2, -0.15) is 0 Å². The zero-order chi connectivity index (χ0) is 15.1. The molecule has 1 N–H and O–H groups in total. The van der Waals surface area contributed by atoms with E-state index in [1.165, 1.54) is 5.56 Å². The number of imidazole rings is 1. The number of halogens is 1. The van der Waals surface area contributed by atoms with Gasteiger partial charge in [-0.1, -0.05) is 12.1 Å². The van der Waals surface area contributed by atoms with Gasteiger partial charge in [-0.05, 0) is 59.1 Å². The number of carboxylic acid groups (broad SMARTS) is 1. The molecule has 0 spiro atoms. The molecule has 0 bridgehead atoms. The summed E-state index contributed by atoms with van der Waals surface area (Å²) in [5.41, 5.74) is 3.89. The van der Waals surface area contributed by atoms with E-state index in [1.807, 2.05) is 44.3 Å². The standard InChI is InChI=1S/C16H13BrN2O2/c1-9-3-4-11(7-10(9)2)15-18-14(16(20)21)13-6-5-12(17)8-19(13)15/h3-8H,1-2H3,(H,20,21). The number of aryl methyl sites for hydroxylation is 2. The summed E-state index contributed by atoms with van der Waals surface area (Å²) in [6.07, 6.45) is 1.83. The minimum absolute atomic E-state index is 0.0655. The van der Waals surface area contributed by atoms with Crippen LogP contribution in [0.4, 0.5) is 0 Å². The molecule has 2 heterocycles. The molecule has 0 amide bonds. The number of aromatic carboxylic acids is 1. The van der Waals surface area contributed by atoms with Crippen molar-refractivity contribution < 1.29 is 9.90 Å². The first-order chi connectivity index (χ1) is 9.97. The lowest BCUT2D eigenvalue weighted by atomic mass is 10.1. The van der Waals surface area contributed by atoms with Crippen LogP contribution in [0.3, 0.4) is 0 Å². The van der Waals surface area contributed by atoms with Crippen molar-refractivity contribution in [3.63, 3.8) is 0 Å². The third-order valence-electron chi connectivity index (χ3n) is 3.57. The fraction of sp³-hybridized carbons (Fsp3) is 0.125. The average molecular weight is 345 g/mol. The van der Waals surface area contributed by atoms with E-state index >= 15 is 0 Å². The number of hydrogen-bond donors (Lipinski definition) is 1. The Bertz CT molecular complexity index is 868. The molecular weight excluding hydrogens is 332 g/mol. The molecule has 5 heteroatoms. The van der Waals surface area contributed by atoms with Crippen molar-refractivity contribution in [1.29, 1.82) is 0 Å². The molecule has 4 nitrogen and oxygen atoms in total. The highest BCUT2D eigenvalue weighted by Crippen LogP contribution is 2.26. The molecule has 0 radical (unpaired) electrons. The molecule has 1 aromatic carbocycles. The van der Waals surface area contributed by atoms with Gasteiger partial charge in [0.05, 0.1) is 5.52 Å². The van der Waals surface area contributed by atoms with Crippen molar-refractivity contribution in [2.75, 3.05) is 0 Å². The Morgan fingerprint density at radius 2 is 1.95 bits per heavy atom. The number of carboxylic acids is 1. The van der Waals surface area contributed by atoms with E-state index in [4.69, 9.17) is 0 Å². The summed E-state index contributed by atoms with van der Waals surface area (Å²) >= 11 is 3.42. The maximum atomic E-state index is 11.4. The highest BCUT2D eigenvalue weighted by molar-refractivity contribution is 9.10. The topological polar surface area (TPSA) is 54.6 Å². The number of hydrogen-bond acceptors (Lipinski definition) is 2. The predicted molar refractivity (Wildman–Crippen MR) is 84.8 cm³/mol. The normalized spacial score (nSPS) is 11.0. The molecule has 0 fully saturated rings. The van der Waals surface area contributed by atoms with Gasteiger partial charge in [-0.3, -0.25) is 4.40 Å². The van der Waals surface area contributed by atoms with Crippen LogP contribution in [-0.4, -0.2) is 20.5 Å². The van der Waals surface area contributed by atoms with Gasteiger partial charge in [0.1, 0.15) is 5.82 Å². The molecule has 0 unspecified atom stereocenters. The summed E-state index contributed by atoms with van der Waals surface area (Å²) in [6.45, 7) is 4.07. The third kappa shape index (κ3) is 2.34. The van der Waals surface area contributed by atoms with Crippen molar-refractivity contribution in [2.45, 2.75) is 13.8 Å². The molecular formula is C16H13BrN2O2. The zero-order valence-electron chi connectivity index (χ0n) is 11.6. The van der Waals surface area contributed by atoms with Gasteiger partial charge in [0.25, 0.3) is 0 Å². The molecule has 0 saturated carbocycles. The molecule has 106 valence electrons. The Labute approximate surface area is 130 Å². The second-order valence-corrected chi connectivity index (χ2v) is 5.91. The van der Waals surface area contributed by atoms with Crippen LogP contribution in [0.2, 0.25) is 0 Å². The van der Waals surface area contributed by atoms with Gasteiger partial charge < -0.3 is 5.11 Å². The van der Waals surface area contributed by atoms with E-state index < -0.39 is 5.97 Å². The number of rotatable bonds is 2. The van der Waals surface area contributed by atoms with Crippen LogP contribution in [-0.2, 0) is 0 Å². The molecule has 0 atom stereocenters. The van der Waals surface area contributed by atoms with Gasteiger partial charge in [-0.25, -0.2) is 9.78 Å². The largest absolute Gasteiger partial charge is 0.476 e. The molecule has 0 aliphatic rings. The van der Waals surface area contributed by atoms with E-state index in [-0.39, 0.29) is 5.69 Å². The van der Waals surface area contributed by atoms with Crippen molar-refractivity contribution in [1.82, 2.24) is 9.38 Å². The smallest absolute Gasteiger partial charge is 0.356 e. The predicted octanol–water partition coefficient (Wildman–Crippen LogP) is 4.08. The van der Waals surface area contributed by atoms with Crippen molar-refractivity contribution >= 4 is 27.4 Å². The van der Waals surface area contributed by atoms with E-state index in [1.54, 1.807) is 10.5 Å². The Morgan fingerprint density at radius 3 is 2.62 bits per heavy atom. The van der Waals surface area contributed by atoms with Crippen LogP contribution in [0.1, 0.15) is 21.6 Å². The SMILES string of the molecule is Cc1ccc(-c2nc(C(=O)O)c3ccc(Br)cn23)cc1C. The number of aromatic nitrogens is 2. The maximum absolute atomic E-state index is 11.4. The lowest BCUT2D eigenvalue weighted by Crippen LogP contribution is -1.97. The monoisotopic (exact) mass is 344 g/mol. The number of fused-ring (bicyclic) bond motifs is 1. The van der Waals surface area contributed by atoms with Crippen LogP contribution in [0.25, 0.3) is 16.9 Å². The average Bonchev–Trinajstić information content (AvgIpc) is 2.80. The number of carbonyl (C=O) groups is 1. The second kappa shape index (κ2) is 5.00. The van der Waals surface area contributed by atoms with Crippen LogP contribution in [0.15, 0.2) is 41.0 Å². The first-order valence-corrected chi connectivity index (χ1v) is 7.25. The molecule has 0 saturated heterocycles. The Balaban J connectivity index is 2.33. The van der Waals surface area contributed by atoms with E-state index in [9.17, 15) is 9.90 Å². The summed E-state index contributed by atoms with van der Waals surface area (Å²) < 4.78 is 2.67. The highest BCUT2D eigenvalue weighted by Gasteiger charge is 2.18. The first kappa shape index (κ1) is 13.8. The fourth-order valence-corrected chi connectivity index (χ4v) is 2.64. The molecule has 21 heavy (non-hydrogen) atoms. The Kier molecular flexibility index (Phi) is 3.29. The maximum Gasteiger partial charge on any atom is 0.356 e. The van der Waals surface area contributed by atoms with Crippen LogP contribution in [0.5, 0.6) is 0 Å². The lowest BCUT2D eigenvalue weighted by Gasteiger charge is -2.05. The molecule has 2 aromatic heterocycles. The number of nitrogens with zero attached hydrogens (tertiary/aromatic N) is 2. The van der Waals surface area contributed by atoms with Crippen molar-refractivity contribution in [3.8, 4) is 11.4 Å². The summed E-state index contributed by atoms with van der Waals surface area (Å²) in [4.78, 5) is 15.7. The minimum Gasteiger partial charge on any atom is -0.476 e. The first-order valence-electron chi connectivity index (χ1n) is 6.46. The van der Waals surface area contributed by atoms with Gasteiger partial charge in [0.2, 0.25) is 0 Å². The minimum atomic E-state index is -1.02. The van der Waals surface area contributed by atoms with Gasteiger partial charge >= 0.3 is 5.97 Å².